The first-order valence-electron chi connectivity index (χ1n) is 10.3. The molecule has 2 amide bonds. The lowest BCUT2D eigenvalue weighted by atomic mass is 9.79. The molecule has 1 saturated heterocycles. The summed E-state index contributed by atoms with van der Waals surface area (Å²) in [4.78, 5) is 28.4. The monoisotopic (exact) mass is 403 g/mol. The average Bonchev–Trinajstić information content (AvgIpc) is 2.74. The Morgan fingerprint density at radius 2 is 2.04 bits per heavy atom. The van der Waals surface area contributed by atoms with E-state index in [9.17, 15) is 9.59 Å². The van der Waals surface area contributed by atoms with Gasteiger partial charge in [0.1, 0.15) is 0 Å². The molecule has 7 heteroatoms. The molecule has 0 unspecified atom stereocenters. The Kier molecular flexibility index (Phi) is 5.94. The van der Waals surface area contributed by atoms with E-state index in [4.69, 9.17) is 4.74 Å². The van der Waals surface area contributed by atoms with Crippen molar-refractivity contribution < 1.29 is 14.3 Å². The van der Waals surface area contributed by atoms with Crippen LogP contribution in [-0.4, -0.2) is 60.4 Å². The number of nitrogens with zero attached hydrogens (tertiary/aromatic N) is 1. The van der Waals surface area contributed by atoms with E-state index >= 15 is 0 Å². The molecule has 0 spiro atoms. The summed E-state index contributed by atoms with van der Waals surface area (Å²) < 4.78 is 5.53. The molecule has 3 aliphatic rings. The number of rotatable bonds is 4. The lowest BCUT2D eigenvalue weighted by molar-refractivity contribution is -0.115. The highest BCUT2D eigenvalue weighted by molar-refractivity contribution is 8.00. The van der Waals surface area contributed by atoms with Crippen molar-refractivity contribution in [3.8, 4) is 0 Å². The SMILES string of the molecule is C[C@@H]1Sc2ccc(C(=O)NCC3(N4CCOCC4)CCCCC3)cc2NC1=O. The van der Waals surface area contributed by atoms with Crippen LogP contribution in [0.5, 0.6) is 0 Å². The van der Waals surface area contributed by atoms with E-state index in [0.29, 0.717) is 12.1 Å². The molecular formula is C21H29N3O3S. The lowest BCUT2D eigenvalue weighted by Gasteiger charge is -2.48. The van der Waals surface area contributed by atoms with Crippen LogP contribution in [0.4, 0.5) is 5.69 Å². The largest absolute Gasteiger partial charge is 0.379 e. The van der Waals surface area contributed by atoms with Crippen molar-refractivity contribution in [2.75, 3.05) is 38.2 Å². The molecule has 0 aromatic heterocycles. The quantitative estimate of drug-likeness (QED) is 0.809. The van der Waals surface area contributed by atoms with Crippen molar-refractivity contribution in [1.82, 2.24) is 10.2 Å². The van der Waals surface area contributed by atoms with E-state index in [2.05, 4.69) is 15.5 Å². The highest BCUT2D eigenvalue weighted by Crippen LogP contribution is 2.36. The van der Waals surface area contributed by atoms with Crippen molar-refractivity contribution >= 4 is 29.3 Å². The molecule has 1 atom stereocenters. The molecule has 28 heavy (non-hydrogen) atoms. The van der Waals surface area contributed by atoms with Gasteiger partial charge in [-0.05, 0) is 38.0 Å². The first-order valence-corrected chi connectivity index (χ1v) is 11.2. The molecule has 0 radical (unpaired) electrons. The van der Waals surface area contributed by atoms with Crippen molar-refractivity contribution in [2.45, 2.75) is 54.7 Å². The number of anilines is 1. The normalized spacial score (nSPS) is 24.9. The molecule has 2 N–H and O–H groups in total. The molecule has 1 aliphatic carbocycles. The number of thioether (sulfide) groups is 1. The van der Waals surface area contributed by atoms with E-state index in [1.807, 2.05) is 19.1 Å². The molecule has 1 aromatic rings. The molecule has 6 nitrogen and oxygen atoms in total. The van der Waals surface area contributed by atoms with Crippen LogP contribution < -0.4 is 10.6 Å². The minimum Gasteiger partial charge on any atom is -0.379 e. The molecule has 2 heterocycles. The Balaban J connectivity index is 1.45. The zero-order valence-corrected chi connectivity index (χ0v) is 17.3. The predicted octanol–water partition coefficient (Wildman–Crippen LogP) is 2.88. The summed E-state index contributed by atoms with van der Waals surface area (Å²) in [5.41, 5.74) is 1.38. The number of ether oxygens (including phenoxy) is 1. The molecule has 1 aromatic carbocycles. The van der Waals surface area contributed by atoms with Crippen LogP contribution >= 0.6 is 11.8 Å². The van der Waals surface area contributed by atoms with Crippen LogP contribution in [0.1, 0.15) is 49.4 Å². The van der Waals surface area contributed by atoms with Crippen LogP contribution in [0.15, 0.2) is 23.1 Å². The fourth-order valence-electron chi connectivity index (χ4n) is 4.55. The fraction of sp³-hybridized carbons (Fsp3) is 0.619. The first kappa shape index (κ1) is 19.7. The van der Waals surface area contributed by atoms with Gasteiger partial charge in [0.05, 0.1) is 24.2 Å². The summed E-state index contributed by atoms with van der Waals surface area (Å²) in [6.07, 6.45) is 5.96. The standard InChI is InChI=1S/C21H29N3O3S/c1-15-19(25)23-17-13-16(5-6-18(17)28-15)20(26)22-14-21(7-3-2-4-8-21)24-9-11-27-12-10-24/h5-6,13,15H,2-4,7-12,14H2,1H3,(H,22,26)(H,23,25)/t15-/m0/s1. The van der Waals surface area contributed by atoms with Crippen LogP contribution in [0.2, 0.25) is 0 Å². The molecule has 2 fully saturated rings. The first-order chi connectivity index (χ1) is 13.6. The molecular weight excluding hydrogens is 374 g/mol. The second kappa shape index (κ2) is 8.43. The van der Waals surface area contributed by atoms with Crippen molar-refractivity contribution in [3.63, 3.8) is 0 Å². The second-order valence-electron chi connectivity index (χ2n) is 8.03. The molecule has 152 valence electrons. The van der Waals surface area contributed by atoms with Crippen molar-refractivity contribution in [2.24, 2.45) is 0 Å². The summed E-state index contributed by atoms with van der Waals surface area (Å²) in [6, 6.07) is 5.58. The van der Waals surface area contributed by atoms with Gasteiger partial charge in [0.25, 0.3) is 5.91 Å². The Bertz CT molecular complexity index is 742. The maximum atomic E-state index is 12.9. The average molecular weight is 404 g/mol. The van der Waals surface area contributed by atoms with Gasteiger partial charge in [0.15, 0.2) is 0 Å². The predicted molar refractivity (Wildman–Crippen MR) is 111 cm³/mol. The van der Waals surface area contributed by atoms with Gasteiger partial charge in [-0.1, -0.05) is 19.3 Å². The van der Waals surface area contributed by atoms with Gasteiger partial charge in [0.2, 0.25) is 5.91 Å². The number of hydrogen-bond acceptors (Lipinski definition) is 5. The number of amides is 2. The maximum absolute atomic E-state index is 12.9. The smallest absolute Gasteiger partial charge is 0.251 e. The number of hydrogen-bond donors (Lipinski definition) is 2. The summed E-state index contributed by atoms with van der Waals surface area (Å²) in [7, 11) is 0. The lowest BCUT2D eigenvalue weighted by Crippen LogP contribution is -2.59. The van der Waals surface area contributed by atoms with Gasteiger partial charge >= 0.3 is 0 Å². The molecule has 1 saturated carbocycles. The summed E-state index contributed by atoms with van der Waals surface area (Å²) in [5, 5.41) is 6.00. The van der Waals surface area contributed by atoms with Gasteiger partial charge in [-0.2, -0.15) is 0 Å². The summed E-state index contributed by atoms with van der Waals surface area (Å²) in [5.74, 6) is -0.0811. The third-order valence-corrected chi connectivity index (χ3v) is 7.39. The Morgan fingerprint density at radius 1 is 1.29 bits per heavy atom. The minimum atomic E-state index is -0.105. The van der Waals surface area contributed by atoms with Gasteiger partial charge < -0.3 is 15.4 Å². The summed E-state index contributed by atoms with van der Waals surface area (Å²) >= 11 is 1.53. The number of carbonyl (C=O) groups excluding carboxylic acids is 2. The third-order valence-electron chi connectivity index (χ3n) is 6.22. The van der Waals surface area contributed by atoms with E-state index in [1.54, 1.807) is 6.07 Å². The van der Waals surface area contributed by atoms with Crippen LogP contribution in [0, 0.1) is 0 Å². The van der Waals surface area contributed by atoms with Crippen LogP contribution in [0.25, 0.3) is 0 Å². The van der Waals surface area contributed by atoms with E-state index < -0.39 is 0 Å². The minimum absolute atomic E-state index is 0.0106. The van der Waals surface area contributed by atoms with Crippen molar-refractivity contribution in [3.05, 3.63) is 23.8 Å². The van der Waals surface area contributed by atoms with Gasteiger partial charge in [0, 0.05) is 35.6 Å². The Morgan fingerprint density at radius 3 is 2.79 bits per heavy atom. The number of nitrogens with one attached hydrogen (secondary N) is 2. The number of carbonyl (C=O) groups is 2. The Hall–Kier alpha value is -1.57. The zero-order valence-electron chi connectivity index (χ0n) is 16.5. The highest BCUT2D eigenvalue weighted by Gasteiger charge is 2.39. The van der Waals surface area contributed by atoms with E-state index in [0.717, 1.165) is 49.7 Å². The summed E-state index contributed by atoms with van der Waals surface area (Å²) in [6.45, 7) is 5.98. The number of fused-ring (bicyclic) bond motifs is 1. The van der Waals surface area contributed by atoms with Gasteiger partial charge in [-0.3, -0.25) is 14.5 Å². The molecule has 4 rings (SSSR count). The maximum Gasteiger partial charge on any atom is 0.251 e. The van der Waals surface area contributed by atoms with E-state index in [1.165, 1.54) is 31.0 Å². The highest BCUT2D eigenvalue weighted by atomic mass is 32.2. The second-order valence-corrected chi connectivity index (χ2v) is 9.41. The topological polar surface area (TPSA) is 70.7 Å². The number of morpholine rings is 1. The fourth-order valence-corrected chi connectivity index (χ4v) is 5.48. The molecule has 0 bridgehead atoms. The van der Waals surface area contributed by atoms with Crippen molar-refractivity contribution in [1.29, 1.82) is 0 Å². The molecule has 2 aliphatic heterocycles. The third kappa shape index (κ3) is 4.07. The van der Waals surface area contributed by atoms with Crippen LogP contribution in [0.3, 0.4) is 0 Å². The van der Waals surface area contributed by atoms with E-state index in [-0.39, 0.29) is 22.6 Å². The Labute approximate surface area is 170 Å². The van der Waals surface area contributed by atoms with Gasteiger partial charge in [-0.15, -0.1) is 11.8 Å². The number of benzene rings is 1. The zero-order chi connectivity index (χ0) is 19.6. The van der Waals surface area contributed by atoms with Crippen LogP contribution in [-0.2, 0) is 9.53 Å². The van der Waals surface area contributed by atoms with Gasteiger partial charge in [-0.25, -0.2) is 0 Å².